The van der Waals surface area contributed by atoms with Crippen molar-refractivity contribution in [3.05, 3.63) is 66.0 Å². The van der Waals surface area contributed by atoms with Crippen molar-refractivity contribution in [2.75, 3.05) is 5.32 Å². The summed E-state index contributed by atoms with van der Waals surface area (Å²) >= 11 is 0. The first kappa shape index (κ1) is 12.0. The van der Waals surface area contributed by atoms with Crippen molar-refractivity contribution in [2.45, 2.75) is 6.42 Å². The van der Waals surface area contributed by atoms with Gasteiger partial charge in [0.2, 0.25) is 5.95 Å². The number of aromatic nitrogens is 3. The SMILES string of the molecule is Fc1cc(-c2ccc3c(n2)Nc2ccncc2C3)ccn1. The lowest BCUT2D eigenvalue weighted by molar-refractivity contribution is 0.584. The maximum atomic E-state index is 13.2. The van der Waals surface area contributed by atoms with E-state index in [-0.39, 0.29) is 0 Å². The Labute approximate surface area is 120 Å². The molecule has 4 rings (SSSR count). The van der Waals surface area contributed by atoms with Gasteiger partial charge in [-0.1, -0.05) is 6.07 Å². The summed E-state index contributed by atoms with van der Waals surface area (Å²) in [6.45, 7) is 0. The highest BCUT2D eigenvalue weighted by Crippen LogP contribution is 2.32. The summed E-state index contributed by atoms with van der Waals surface area (Å²) in [7, 11) is 0. The zero-order valence-corrected chi connectivity index (χ0v) is 11.0. The first-order chi connectivity index (χ1) is 10.3. The van der Waals surface area contributed by atoms with E-state index in [1.807, 2.05) is 24.4 Å². The van der Waals surface area contributed by atoms with Gasteiger partial charge in [0.15, 0.2) is 0 Å². The number of hydrogen-bond acceptors (Lipinski definition) is 4. The Morgan fingerprint density at radius 3 is 2.90 bits per heavy atom. The molecule has 0 saturated heterocycles. The number of nitrogens with one attached hydrogen (secondary N) is 1. The topological polar surface area (TPSA) is 50.7 Å². The van der Waals surface area contributed by atoms with Gasteiger partial charge >= 0.3 is 0 Å². The molecule has 0 unspecified atom stereocenters. The third kappa shape index (κ3) is 2.12. The van der Waals surface area contributed by atoms with Gasteiger partial charge in [-0.05, 0) is 29.3 Å². The van der Waals surface area contributed by atoms with Crippen LogP contribution in [0.15, 0.2) is 48.9 Å². The molecular weight excluding hydrogens is 267 g/mol. The Morgan fingerprint density at radius 1 is 1.05 bits per heavy atom. The lowest BCUT2D eigenvalue weighted by Gasteiger charge is -2.20. The Morgan fingerprint density at radius 2 is 2.00 bits per heavy atom. The van der Waals surface area contributed by atoms with E-state index in [4.69, 9.17) is 0 Å². The summed E-state index contributed by atoms with van der Waals surface area (Å²) in [5.74, 6) is 0.305. The minimum Gasteiger partial charge on any atom is -0.340 e. The number of rotatable bonds is 1. The summed E-state index contributed by atoms with van der Waals surface area (Å²) in [4.78, 5) is 12.3. The number of nitrogens with zero attached hydrogens (tertiary/aromatic N) is 3. The molecule has 4 heterocycles. The van der Waals surface area contributed by atoms with Gasteiger partial charge in [-0.25, -0.2) is 9.97 Å². The fraction of sp³-hybridized carbons (Fsp3) is 0.0625. The van der Waals surface area contributed by atoms with Crippen molar-refractivity contribution >= 4 is 11.5 Å². The van der Waals surface area contributed by atoms with Crippen molar-refractivity contribution in [2.24, 2.45) is 0 Å². The van der Waals surface area contributed by atoms with Crippen LogP contribution in [0.25, 0.3) is 11.3 Å². The zero-order chi connectivity index (χ0) is 14.2. The average Bonchev–Trinajstić information content (AvgIpc) is 2.52. The molecule has 4 nitrogen and oxygen atoms in total. The van der Waals surface area contributed by atoms with Crippen LogP contribution < -0.4 is 5.32 Å². The minimum atomic E-state index is -0.503. The number of fused-ring (bicyclic) bond motifs is 2. The molecule has 3 aromatic rings. The quantitative estimate of drug-likeness (QED) is 0.543. The van der Waals surface area contributed by atoms with Gasteiger partial charge in [-0.2, -0.15) is 4.39 Å². The fourth-order valence-corrected chi connectivity index (χ4v) is 2.48. The van der Waals surface area contributed by atoms with E-state index < -0.39 is 5.95 Å². The molecule has 3 aromatic heterocycles. The first-order valence-corrected chi connectivity index (χ1v) is 6.61. The van der Waals surface area contributed by atoms with Crippen LogP contribution in [0.1, 0.15) is 11.1 Å². The van der Waals surface area contributed by atoms with Crippen LogP contribution in [0.2, 0.25) is 0 Å². The van der Waals surface area contributed by atoms with Crippen molar-refractivity contribution in [1.82, 2.24) is 15.0 Å². The molecule has 0 bridgehead atoms. The van der Waals surface area contributed by atoms with Gasteiger partial charge in [0.25, 0.3) is 0 Å². The van der Waals surface area contributed by atoms with Crippen LogP contribution in [0.5, 0.6) is 0 Å². The molecular formula is C16H11FN4. The summed E-state index contributed by atoms with van der Waals surface area (Å²) < 4.78 is 13.2. The van der Waals surface area contributed by atoms with E-state index in [0.717, 1.165) is 34.7 Å². The molecule has 0 aromatic carbocycles. The molecule has 0 aliphatic carbocycles. The van der Waals surface area contributed by atoms with Crippen LogP contribution >= 0.6 is 0 Å². The van der Waals surface area contributed by atoms with Crippen LogP contribution in [-0.4, -0.2) is 15.0 Å². The minimum absolute atomic E-state index is 0.503. The normalized spacial score (nSPS) is 12.2. The van der Waals surface area contributed by atoms with Crippen molar-refractivity contribution in [1.29, 1.82) is 0 Å². The number of pyridine rings is 3. The smallest absolute Gasteiger partial charge is 0.213 e. The second kappa shape index (κ2) is 4.63. The second-order valence-electron chi connectivity index (χ2n) is 4.91. The summed E-state index contributed by atoms with van der Waals surface area (Å²) in [5.41, 5.74) is 4.71. The van der Waals surface area contributed by atoms with Gasteiger partial charge in [0, 0.05) is 42.3 Å². The van der Waals surface area contributed by atoms with Crippen LogP contribution in [-0.2, 0) is 6.42 Å². The molecule has 0 atom stereocenters. The van der Waals surface area contributed by atoms with Crippen molar-refractivity contribution in [3.63, 3.8) is 0 Å². The molecule has 102 valence electrons. The van der Waals surface area contributed by atoms with E-state index in [9.17, 15) is 4.39 Å². The predicted octanol–water partition coefficient (Wildman–Crippen LogP) is 3.33. The van der Waals surface area contributed by atoms with E-state index in [1.165, 1.54) is 12.3 Å². The van der Waals surface area contributed by atoms with Crippen LogP contribution in [0, 0.1) is 5.95 Å². The lowest BCUT2D eigenvalue weighted by Crippen LogP contribution is -2.09. The van der Waals surface area contributed by atoms with Gasteiger partial charge < -0.3 is 5.32 Å². The molecule has 0 spiro atoms. The fourth-order valence-electron chi connectivity index (χ4n) is 2.48. The summed E-state index contributed by atoms with van der Waals surface area (Å²) in [6.07, 6.45) is 5.85. The second-order valence-corrected chi connectivity index (χ2v) is 4.91. The highest BCUT2D eigenvalue weighted by atomic mass is 19.1. The Bertz CT molecular complexity index is 832. The molecule has 1 N–H and O–H groups in total. The Hall–Kier alpha value is -2.82. The van der Waals surface area contributed by atoms with Crippen molar-refractivity contribution in [3.8, 4) is 11.3 Å². The molecule has 21 heavy (non-hydrogen) atoms. The van der Waals surface area contributed by atoms with E-state index >= 15 is 0 Å². The van der Waals surface area contributed by atoms with Crippen molar-refractivity contribution < 1.29 is 4.39 Å². The summed E-state index contributed by atoms with van der Waals surface area (Å²) in [6, 6.07) is 8.97. The molecule has 5 heteroatoms. The number of anilines is 2. The van der Waals surface area contributed by atoms with Gasteiger partial charge in [0.05, 0.1) is 5.69 Å². The molecule has 0 radical (unpaired) electrons. The van der Waals surface area contributed by atoms with Crippen LogP contribution in [0.4, 0.5) is 15.9 Å². The molecule has 0 amide bonds. The highest BCUT2D eigenvalue weighted by molar-refractivity contribution is 5.71. The summed E-state index contributed by atoms with van der Waals surface area (Å²) in [5, 5.41) is 3.30. The standard InChI is InChI=1S/C16H11FN4/c17-15-8-10(3-6-19-15)13-2-1-11-7-12-9-18-5-4-14(12)21-16(11)20-13/h1-6,8-9H,7H2,(H,20,21). The third-order valence-corrected chi connectivity index (χ3v) is 3.54. The highest BCUT2D eigenvalue weighted by Gasteiger charge is 2.16. The van der Waals surface area contributed by atoms with E-state index in [0.29, 0.717) is 5.56 Å². The van der Waals surface area contributed by atoms with Gasteiger partial charge in [0.1, 0.15) is 5.82 Å². The van der Waals surface area contributed by atoms with Crippen LogP contribution in [0.3, 0.4) is 0 Å². The van der Waals surface area contributed by atoms with E-state index in [1.54, 1.807) is 12.3 Å². The molecule has 0 fully saturated rings. The molecule has 1 aliphatic rings. The van der Waals surface area contributed by atoms with E-state index in [2.05, 4.69) is 20.3 Å². The number of hydrogen-bond donors (Lipinski definition) is 1. The van der Waals surface area contributed by atoms with Gasteiger partial charge in [-0.15, -0.1) is 0 Å². The zero-order valence-electron chi connectivity index (χ0n) is 11.0. The molecule has 1 aliphatic heterocycles. The van der Waals surface area contributed by atoms with Gasteiger partial charge in [-0.3, -0.25) is 4.98 Å². The largest absolute Gasteiger partial charge is 0.340 e. The maximum Gasteiger partial charge on any atom is 0.213 e. The lowest BCUT2D eigenvalue weighted by atomic mass is 10.0. The third-order valence-electron chi connectivity index (χ3n) is 3.54. The number of halogens is 1. The predicted molar refractivity (Wildman–Crippen MR) is 77.8 cm³/mol. The average molecular weight is 278 g/mol. The monoisotopic (exact) mass is 278 g/mol. The molecule has 0 saturated carbocycles. The Balaban J connectivity index is 1.76. The maximum absolute atomic E-state index is 13.2. The Kier molecular flexibility index (Phi) is 2.64. The first-order valence-electron chi connectivity index (χ1n) is 6.61.